The van der Waals surface area contributed by atoms with Gasteiger partial charge in [0.15, 0.2) is 0 Å². The van der Waals surface area contributed by atoms with E-state index in [0.717, 1.165) is 30.8 Å². The highest BCUT2D eigenvalue weighted by atomic mass is 32.1. The van der Waals surface area contributed by atoms with E-state index in [1.165, 1.54) is 4.68 Å². The van der Waals surface area contributed by atoms with Gasteiger partial charge in [-0.1, -0.05) is 6.58 Å². The Bertz CT molecular complexity index is 515. The van der Waals surface area contributed by atoms with Gasteiger partial charge in [-0.15, -0.1) is 0 Å². The first-order valence-corrected chi connectivity index (χ1v) is 6.89. The number of rotatable bonds is 5. The zero-order chi connectivity index (χ0) is 13.8. The number of anilines is 1. The summed E-state index contributed by atoms with van der Waals surface area (Å²) in [5.74, 6) is 0.553. The number of nitrogens with zero attached hydrogens (tertiary/aromatic N) is 3. The van der Waals surface area contributed by atoms with Crippen LogP contribution in [0.5, 0.6) is 0 Å². The van der Waals surface area contributed by atoms with Gasteiger partial charge < -0.3 is 9.64 Å². The predicted octanol–water partition coefficient (Wildman–Crippen LogP) is 0.954. The van der Waals surface area contributed by atoms with Gasteiger partial charge >= 0.3 is 0 Å². The highest BCUT2D eigenvalue weighted by molar-refractivity contribution is 7.80. The van der Waals surface area contributed by atoms with E-state index in [2.05, 4.69) is 29.2 Å². The second kappa shape index (κ2) is 6.25. The smallest absolute Gasteiger partial charge is 0.269 e. The minimum atomic E-state index is -0.110. The van der Waals surface area contributed by atoms with E-state index in [9.17, 15) is 4.79 Å². The topological polar surface area (TPSA) is 47.4 Å². The van der Waals surface area contributed by atoms with Crippen molar-refractivity contribution in [2.45, 2.75) is 19.1 Å². The van der Waals surface area contributed by atoms with E-state index < -0.39 is 0 Å². The molecule has 0 aromatic carbocycles. The van der Waals surface area contributed by atoms with Crippen molar-refractivity contribution in [2.24, 2.45) is 0 Å². The van der Waals surface area contributed by atoms with Crippen molar-refractivity contribution >= 4 is 18.3 Å². The highest BCUT2D eigenvalue weighted by Crippen LogP contribution is 2.19. The first-order valence-electron chi connectivity index (χ1n) is 6.26. The van der Waals surface area contributed by atoms with E-state index in [1.807, 2.05) is 0 Å². The number of ether oxygens (including phenoxy) is 1. The Morgan fingerprint density at radius 1 is 1.68 bits per heavy atom. The van der Waals surface area contributed by atoms with Crippen LogP contribution in [0.4, 0.5) is 5.69 Å². The molecule has 0 saturated carbocycles. The Labute approximate surface area is 118 Å². The molecule has 1 atom stereocenters. The fraction of sp³-hybridized carbons (Fsp3) is 0.538. The molecule has 19 heavy (non-hydrogen) atoms. The molecule has 1 aliphatic rings. The first kappa shape index (κ1) is 14.1. The molecular weight excluding hydrogens is 262 g/mol. The predicted molar refractivity (Wildman–Crippen MR) is 79.1 cm³/mol. The van der Waals surface area contributed by atoms with Crippen molar-refractivity contribution in [3.05, 3.63) is 34.8 Å². The lowest BCUT2D eigenvalue weighted by Crippen LogP contribution is -2.28. The van der Waals surface area contributed by atoms with E-state index >= 15 is 0 Å². The third kappa shape index (κ3) is 3.39. The molecule has 6 heteroatoms. The number of aromatic nitrogens is 2. The number of hydrogen-bond acceptors (Lipinski definition) is 5. The van der Waals surface area contributed by atoms with Crippen LogP contribution in [0.25, 0.3) is 0 Å². The molecule has 1 aromatic rings. The summed E-state index contributed by atoms with van der Waals surface area (Å²) in [5, 5.41) is 4.19. The first-order chi connectivity index (χ1) is 9.13. The van der Waals surface area contributed by atoms with Gasteiger partial charge in [0.05, 0.1) is 24.5 Å². The van der Waals surface area contributed by atoms with E-state index in [0.29, 0.717) is 12.3 Å². The lowest BCUT2D eigenvalue weighted by molar-refractivity contribution is 0.121. The molecule has 1 aliphatic heterocycles. The summed E-state index contributed by atoms with van der Waals surface area (Å²) in [5.41, 5.74) is 1.62. The SMILES string of the molecule is C=C(CS)Cn1ncc(N2CCC(OC)C2)cc1=O. The third-order valence-electron chi connectivity index (χ3n) is 3.30. The summed E-state index contributed by atoms with van der Waals surface area (Å²) >= 11 is 4.13. The van der Waals surface area contributed by atoms with Crippen molar-refractivity contribution in [1.29, 1.82) is 0 Å². The zero-order valence-electron chi connectivity index (χ0n) is 11.1. The lowest BCUT2D eigenvalue weighted by atomic mass is 10.3. The molecule has 1 fully saturated rings. The van der Waals surface area contributed by atoms with Gasteiger partial charge in [-0.3, -0.25) is 4.79 Å². The fourth-order valence-corrected chi connectivity index (χ4v) is 2.23. The van der Waals surface area contributed by atoms with Crippen LogP contribution in [-0.4, -0.2) is 41.8 Å². The molecule has 0 N–H and O–H groups in total. The normalized spacial score (nSPS) is 18.8. The van der Waals surface area contributed by atoms with Gasteiger partial charge in [0.1, 0.15) is 0 Å². The van der Waals surface area contributed by atoms with Crippen molar-refractivity contribution in [1.82, 2.24) is 9.78 Å². The van der Waals surface area contributed by atoms with Crippen molar-refractivity contribution in [3.63, 3.8) is 0 Å². The summed E-state index contributed by atoms with van der Waals surface area (Å²) in [6, 6.07) is 1.62. The lowest BCUT2D eigenvalue weighted by Gasteiger charge is -2.18. The van der Waals surface area contributed by atoms with Crippen LogP contribution in [0.15, 0.2) is 29.2 Å². The summed E-state index contributed by atoms with van der Waals surface area (Å²) in [6.07, 6.45) is 2.95. The summed E-state index contributed by atoms with van der Waals surface area (Å²) in [7, 11) is 1.72. The third-order valence-corrected chi connectivity index (χ3v) is 3.74. The molecule has 0 spiro atoms. The Kier molecular flexibility index (Phi) is 4.66. The Balaban J connectivity index is 2.11. The second-order valence-electron chi connectivity index (χ2n) is 4.71. The molecule has 1 saturated heterocycles. The number of methoxy groups -OCH3 is 1. The molecule has 0 amide bonds. The molecule has 0 radical (unpaired) electrons. The van der Waals surface area contributed by atoms with Crippen molar-refractivity contribution < 1.29 is 4.74 Å². The van der Waals surface area contributed by atoms with Crippen LogP contribution in [-0.2, 0) is 11.3 Å². The van der Waals surface area contributed by atoms with Gasteiger partial charge in [0.25, 0.3) is 5.56 Å². The minimum Gasteiger partial charge on any atom is -0.380 e. The van der Waals surface area contributed by atoms with Crippen LogP contribution in [0.2, 0.25) is 0 Å². The number of thiol groups is 1. The van der Waals surface area contributed by atoms with Gasteiger partial charge in [-0.2, -0.15) is 17.7 Å². The molecule has 104 valence electrons. The van der Waals surface area contributed by atoms with E-state index in [4.69, 9.17) is 4.74 Å². The van der Waals surface area contributed by atoms with Crippen molar-refractivity contribution in [3.8, 4) is 0 Å². The summed E-state index contributed by atoms with van der Waals surface area (Å²) < 4.78 is 6.73. The molecule has 0 aliphatic carbocycles. The van der Waals surface area contributed by atoms with Gasteiger partial charge in [-0.05, 0) is 12.0 Å². The van der Waals surface area contributed by atoms with Crippen LogP contribution in [0.1, 0.15) is 6.42 Å². The van der Waals surface area contributed by atoms with E-state index in [1.54, 1.807) is 19.4 Å². The van der Waals surface area contributed by atoms with Crippen LogP contribution in [0.3, 0.4) is 0 Å². The van der Waals surface area contributed by atoms with Gasteiger partial charge in [-0.25, -0.2) is 4.68 Å². The molecule has 0 bridgehead atoms. The Morgan fingerprint density at radius 2 is 2.47 bits per heavy atom. The zero-order valence-corrected chi connectivity index (χ0v) is 12.0. The standard InChI is InChI=1S/C13H19N3O2S/c1-10(9-19)7-16-13(17)5-11(6-14-16)15-4-3-12(8-15)18-2/h5-6,12,19H,1,3-4,7-9H2,2H3. The Morgan fingerprint density at radius 3 is 3.05 bits per heavy atom. The molecule has 2 heterocycles. The fourth-order valence-electron chi connectivity index (χ4n) is 2.13. The molecule has 1 unspecified atom stereocenters. The maximum absolute atomic E-state index is 12.0. The molecular formula is C13H19N3O2S. The second-order valence-corrected chi connectivity index (χ2v) is 5.03. The molecule has 1 aromatic heterocycles. The average molecular weight is 281 g/mol. The maximum Gasteiger partial charge on any atom is 0.269 e. The summed E-state index contributed by atoms with van der Waals surface area (Å²) in [4.78, 5) is 14.1. The maximum atomic E-state index is 12.0. The van der Waals surface area contributed by atoms with Gasteiger partial charge in [0, 0.05) is 32.0 Å². The minimum absolute atomic E-state index is 0.110. The number of hydrogen-bond donors (Lipinski definition) is 1. The highest BCUT2D eigenvalue weighted by Gasteiger charge is 2.22. The quantitative estimate of drug-likeness (QED) is 0.645. The van der Waals surface area contributed by atoms with Crippen LogP contribution < -0.4 is 10.5 Å². The van der Waals surface area contributed by atoms with Crippen LogP contribution in [0, 0.1) is 0 Å². The molecule has 5 nitrogen and oxygen atoms in total. The summed E-state index contributed by atoms with van der Waals surface area (Å²) in [6.45, 7) is 5.95. The average Bonchev–Trinajstić information content (AvgIpc) is 2.89. The van der Waals surface area contributed by atoms with Crippen LogP contribution >= 0.6 is 12.6 Å². The molecule has 2 rings (SSSR count). The monoisotopic (exact) mass is 281 g/mol. The largest absolute Gasteiger partial charge is 0.380 e. The Hall–Kier alpha value is -1.27. The van der Waals surface area contributed by atoms with Crippen molar-refractivity contribution in [2.75, 3.05) is 30.9 Å². The van der Waals surface area contributed by atoms with E-state index in [-0.39, 0.29) is 11.7 Å². The van der Waals surface area contributed by atoms with Gasteiger partial charge in [0.2, 0.25) is 0 Å².